The topological polar surface area (TPSA) is 20.3 Å². The van der Waals surface area contributed by atoms with Crippen molar-refractivity contribution in [1.82, 2.24) is 0 Å². The molecule has 0 N–H and O–H groups in total. The molecule has 19 heavy (non-hydrogen) atoms. The van der Waals surface area contributed by atoms with Crippen LogP contribution < -0.4 is 4.90 Å². The molecule has 2 unspecified atom stereocenters. The lowest BCUT2D eigenvalue weighted by Gasteiger charge is -2.17. The van der Waals surface area contributed by atoms with E-state index in [0.29, 0.717) is 0 Å². The quantitative estimate of drug-likeness (QED) is 0.606. The molecule has 2 nitrogen and oxygen atoms in total. The van der Waals surface area contributed by atoms with Crippen molar-refractivity contribution in [3.63, 3.8) is 0 Å². The van der Waals surface area contributed by atoms with Gasteiger partial charge in [-0.15, -0.1) is 11.6 Å². The molecule has 1 heterocycles. The number of benzene rings is 1. The molecular formula is C12H10ClF4NO. The third-order valence-corrected chi connectivity index (χ3v) is 3.41. The highest BCUT2D eigenvalue weighted by molar-refractivity contribution is 6.18. The van der Waals surface area contributed by atoms with Gasteiger partial charge in [0.25, 0.3) is 5.91 Å². The van der Waals surface area contributed by atoms with Crippen LogP contribution in [0, 0.1) is 5.92 Å². The molecule has 0 bridgehead atoms. The Kier molecular flexibility index (Phi) is 3.71. The summed E-state index contributed by atoms with van der Waals surface area (Å²) in [6.45, 7) is -0.00912. The highest BCUT2D eigenvalue weighted by atomic mass is 35.5. The number of amides is 1. The maximum absolute atomic E-state index is 13.6. The van der Waals surface area contributed by atoms with Gasteiger partial charge in [0.05, 0.1) is 5.56 Å². The Hall–Kier alpha value is -1.30. The first-order valence-corrected chi connectivity index (χ1v) is 6.06. The Morgan fingerprint density at radius 3 is 2.58 bits per heavy atom. The second-order valence-electron chi connectivity index (χ2n) is 4.31. The van der Waals surface area contributed by atoms with Crippen molar-refractivity contribution in [2.24, 2.45) is 5.92 Å². The van der Waals surface area contributed by atoms with Gasteiger partial charge in [-0.1, -0.05) is 6.07 Å². The van der Waals surface area contributed by atoms with E-state index in [9.17, 15) is 22.4 Å². The highest BCUT2D eigenvalue weighted by Crippen LogP contribution is 2.34. The Labute approximate surface area is 112 Å². The molecule has 0 spiro atoms. The lowest BCUT2D eigenvalue weighted by atomic mass is 10.1. The van der Waals surface area contributed by atoms with Crippen LogP contribution >= 0.6 is 11.6 Å². The predicted molar refractivity (Wildman–Crippen MR) is 62.9 cm³/mol. The van der Waals surface area contributed by atoms with Crippen molar-refractivity contribution in [3.8, 4) is 0 Å². The van der Waals surface area contributed by atoms with Gasteiger partial charge in [-0.3, -0.25) is 4.79 Å². The van der Waals surface area contributed by atoms with Gasteiger partial charge in [-0.25, -0.2) is 4.39 Å². The zero-order valence-electron chi connectivity index (χ0n) is 9.62. The SMILES string of the molecule is O=C1C(F)C(CCl)CN1c1cccc(C(F)(F)F)c1. The summed E-state index contributed by atoms with van der Waals surface area (Å²) in [6.07, 6.45) is -6.26. The molecule has 1 aliphatic heterocycles. The molecule has 1 aromatic carbocycles. The van der Waals surface area contributed by atoms with Gasteiger partial charge in [0.2, 0.25) is 0 Å². The molecule has 1 fully saturated rings. The summed E-state index contributed by atoms with van der Waals surface area (Å²) >= 11 is 5.53. The Balaban J connectivity index is 2.31. The van der Waals surface area contributed by atoms with Crippen LogP contribution in [0.15, 0.2) is 24.3 Å². The third kappa shape index (κ3) is 2.68. The fourth-order valence-electron chi connectivity index (χ4n) is 1.98. The molecule has 104 valence electrons. The average molecular weight is 296 g/mol. The van der Waals surface area contributed by atoms with E-state index in [1.165, 1.54) is 12.1 Å². The zero-order chi connectivity index (χ0) is 14.2. The molecule has 2 rings (SSSR count). The molecule has 0 aromatic heterocycles. The monoisotopic (exact) mass is 295 g/mol. The van der Waals surface area contributed by atoms with Crippen LogP contribution in [0.2, 0.25) is 0 Å². The lowest BCUT2D eigenvalue weighted by molar-refractivity contribution is -0.137. The number of alkyl halides is 5. The van der Waals surface area contributed by atoms with Crippen molar-refractivity contribution in [2.75, 3.05) is 17.3 Å². The van der Waals surface area contributed by atoms with Crippen molar-refractivity contribution in [2.45, 2.75) is 12.3 Å². The predicted octanol–water partition coefficient (Wildman–Crippen LogP) is 3.25. The number of carbonyl (C=O) groups is 1. The van der Waals surface area contributed by atoms with Gasteiger partial charge >= 0.3 is 6.18 Å². The fraction of sp³-hybridized carbons (Fsp3) is 0.417. The van der Waals surface area contributed by atoms with Crippen molar-refractivity contribution in [1.29, 1.82) is 0 Å². The molecule has 1 saturated heterocycles. The van der Waals surface area contributed by atoms with Gasteiger partial charge in [-0.05, 0) is 18.2 Å². The normalized spacial score (nSPS) is 24.1. The number of halogens is 5. The summed E-state index contributed by atoms with van der Waals surface area (Å²) in [6, 6.07) is 4.26. The Morgan fingerprint density at radius 1 is 1.37 bits per heavy atom. The zero-order valence-corrected chi connectivity index (χ0v) is 10.4. The van der Waals surface area contributed by atoms with E-state index in [1.807, 2.05) is 0 Å². The van der Waals surface area contributed by atoms with E-state index in [2.05, 4.69) is 0 Å². The number of rotatable bonds is 2. The van der Waals surface area contributed by atoms with Gasteiger partial charge in [0, 0.05) is 24.0 Å². The van der Waals surface area contributed by atoms with Crippen LogP contribution in [0.4, 0.5) is 23.2 Å². The minimum Gasteiger partial charge on any atom is -0.309 e. The first kappa shape index (κ1) is 14.1. The van der Waals surface area contributed by atoms with E-state index < -0.39 is 29.7 Å². The van der Waals surface area contributed by atoms with E-state index in [0.717, 1.165) is 17.0 Å². The van der Waals surface area contributed by atoms with Crippen LogP contribution in [0.1, 0.15) is 5.56 Å². The van der Waals surface area contributed by atoms with Gasteiger partial charge in [0.15, 0.2) is 6.17 Å². The molecule has 1 amide bonds. The van der Waals surface area contributed by atoms with Crippen LogP contribution in [0.5, 0.6) is 0 Å². The molecule has 1 aliphatic rings. The summed E-state index contributed by atoms with van der Waals surface area (Å²) in [5.41, 5.74) is -0.836. The first-order chi connectivity index (χ1) is 8.84. The summed E-state index contributed by atoms with van der Waals surface area (Å²) in [4.78, 5) is 12.7. The minimum absolute atomic E-state index is 0.00912. The van der Waals surface area contributed by atoms with E-state index in [-0.39, 0.29) is 18.1 Å². The lowest BCUT2D eigenvalue weighted by Crippen LogP contribution is -2.27. The Morgan fingerprint density at radius 2 is 2.05 bits per heavy atom. The Bertz CT molecular complexity index is 491. The van der Waals surface area contributed by atoms with Gasteiger partial charge < -0.3 is 4.90 Å². The molecule has 0 radical (unpaired) electrons. The van der Waals surface area contributed by atoms with Crippen molar-refractivity contribution < 1.29 is 22.4 Å². The first-order valence-electron chi connectivity index (χ1n) is 5.53. The second-order valence-corrected chi connectivity index (χ2v) is 4.62. The molecule has 2 atom stereocenters. The standard InChI is InChI=1S/C12H10ClF4NO/c13-5-7-6-18(11(19)10(7)14)9-3-1-2-8(4-9)12(15,16)17/h1-4,7,10H,5-6H2. The number of carbonyl (C=O) groups excluding carboxylic acids is 1. The molecule has 1 aromatic rings. The molecule has 7 heteroatoms. The average Bonchev–Trinajstić information content (AvgIpc) is 2.65. The van der Waals surface area contributed by atoms with Gasteiger partial charge in [-0.2, -0.15) is 13.2 Å². The van der Waals surface area contributed by atoms with Crippen LogP contribution in [0.3, 0.4) is 0 Å². The third-order valence-electron chi connectivity index (χ3n) is 3.02. The van der Waals surface area contributed by atoms with E-state index in [1.54, 1.807) is 0 Å². The maximum Gasteiger partial charge on any atom is 0.416 e. The number of hydrogen-bond donors (Lipinski definition) is 0. The van der Waals surface area contributed by atoms with E-state index >= 15 is 0 Å². The fourth-order valence-corrected chi connectivity index (χ4v) is 2.23. The van der Waals surface area contributed by atoms with Crippen molar-refractivity contribution in [3.05, 3.63) is 29.8 Å². The molecule has 0 saturated carbocycles. The van der Waals surface area contributed by atoms with Crippen molar-refractivity contribution >= 4 is 23.2 Å². The smallest absolute Gasteiger partial charge is 0.309 e. The maximum atomic E-state index is 13.6. The summed E-state index contributed by atoms with van der Waals surface area (Å²) in [5, 5.41) is 0. The summed E-state index contributed by atoms with van der Waals surface area (Å²) in [7, 11) is 0. The second kappa shape index (κ2) is 5.00. The number of hydrogen-bond acceptors (Lipinski definition) is 1. The van der Waals surface area contributed by atoms with Gasteiger partial charge in [0.1, 0.15) is 0 Å². The number of nitrogens with zero attached hydrogens (tertiary/aromatic N) is 1. The van der Waals surface area contributed by atoms with Crippen LogP contribution in [-0.4, -0.2) is 24.5 Å². The molecular weight excluding hydrogens is 286 g/mol. The largest absolute Gasteiger partial charge is 0.416 e. The minimum atomic E-state index is -4.50. The summed E-state index contributed by atoms with van der Waals surface area (Å²) < 4.78 is 51.3. The molecule has 0 aliphatic carbocycles. The highest BCUT2D eigenvalue weighted by Gasteiger charge is 2.41. The number of anilines is 1. The van der Waals surface area contributed by atoms with Crippen LogP contribution in [-0.2, 0) is 11.0 Å². The summed E-state index contributed by atoms with van der Waals surface area (Å²) in [5.74, 6) is -1.59. The van der Waals surface area contributed by atoms with E-state index in [4.69, 9.17) is 11.6 Å². The van der Waals surface area contributed by atoms with Crippen LogP contribution in [0.25, 0.3) is 0 Å².